The highest BCUT2D eigenvalue weighted by Gasteiger charge is 2.09. The molecular weight excluding hydrogens is 303 g/mol. The van der Waals surface area contributed by atoms with Crippen LogP contribution in [0.4, 0.5) is 10.1 Å². The zero-order valence-electron chi connectivity index (χ0n) is 9.54. The topological polar surface area (TPSA) is 55.1 Å². The Kier molecular flexibility index (Phi) is 3.76. The Balaban J connectivity index is 2.02. The van der Waals surface area contributed by atoms with Crippen LogP contribution in [0.2, 0.25) is 0 Å². The zero-order chi connectivity index (χ0) is 13.1. The van der Waals surface area contributed by atoms with Gasteiger partial charge in [-0.1, -0.05) is 21.1 Å². The molecule has 1 aromatic carbocycles. The fourth-order valence-electron chi connectivity index (χ4n) is 1.50. The second-order valence-corrected chi connectivity index (χ2v) is 4.73. The SMILES string of the molecule is Cc1cc(CC(=O)Nc2cc(F)cc(Br)c2)no1. The molecule has 0 fully saturated rings. The molecule has 0 saturated carbocycles. The van der Waals surface area contributed by atoms with Crippen molar-refractivity contribution in [3.05, 3.63) is 46.0 Å². The van der Waals surface area contributed by atoms with E-state index in [0.717, 1.165) is 0 Å². The minimum atomic E-state index is -0.419. The molecule has 0 bridgehead atoms. The number of hydrogen-bond donors (Lipinski definition) is 1. The number of amides is 1. The summed E-state index contributed by atoms with van der Waals surface area (Å²) >= 11 is 3.15. The van der Waals surface area contributed by atoms with E-state index in [4.69, 9.17) is 4.52 Å². The fraction of sp³-hybridized carbons (Fsp3) is 0.167. The number of hydrogen-bond acceptors (Lipinski definition) is 3. The van der Waals surface area contributed by atoms with Gasteiger partial charge in [0.1, 0.15) is 11.6 Å². The van der Waals surface area contributed by atoms with Gasteiger partial charge < -0.3 is 9.84 Å². The molecule has 1 N–H and O–H groups in total. The molecule has 0 atom stereocenters. The Bertz CT molecular complexity index is 563. The van der Waals surface area contributed by atoms with Crippen molar-refractivity contribution in [2.75, 3.05) is 5.32 Å². The number of halogens is 2. The van der Waals surface area contributed by atoms with Gasteiger partial charge >= 0.3 is 0 Å². The van der Waals surface area contributed by atoms with E-state index in [9.17, 15) is 9.18 Å². The van der Waals surface area contributed by atoms with Crippen LogP contribution in [0.3, 0.4) is 0 Å². The van der Waals surface area contributed by atoms with Gasteiger partial charge in [0.15, 0.2) is 0 Å². The summed E-state index contributed by atoms with van der Waals surface area (Å²) in [5.41, 5.74) is 0.938. The Morgan fingerprint density at radius 1 is 1.44 bits per heavy atom. The van der Waals surface area contributed by atoms with Crippen molar-refractivity contribution in [2.45, 2.75) is 13.3 Å². The van der Waals surface area contributed by atoms with E-state index in [1.54, 1.807) is 19.1 Å². The van der Waals surface area contributed by atoms with Crippen LogP contribution in [0.5, 0.6) is 0 Å². The first-order valence-electron chi connectivity index (χ1n) is 5.21. The fourth-order valence-corrected chi connectivity index (χ4v) is 1.96. The molecule has 6 heteroatoms. The Morgan fingerprint density at radius 2 is 2.22 bits per heavy atom. The number of rotatable bonds is 3. The first-order chi connectivity index (χ1) is 8.52. The molecule has 4 nitrogen and oxygen atoms in total. The highest BCUT2D eigenvalue weighted by Crippen LogP contribution is 2.18. The Hall–Kier alpha value is -1.69. The summed E-state index contributed by atoms with van der Waals surface area (Å²) < 4.78 is 18.5. The standard InChI is InChI=1S/C12H10BrFN2O2/c1-7-2-11(16-18-7)6-12(17)15-10-4-8(13)3-9(14)5-10/h2-5H,6H2,1H3,(H,15,17). The largest absolute Gasteiger partial charge is 0.361 e. The van der Waals surface area contributed by atoms with Crippen molar-refractivity contribution < 1.29 is 13.7 Å². The number of carbonyl (C=O) groups excluding carboxylic acids is 1. The average molecular weight is 313 g/mol. The quantitative estimate of drug-likeness (QED) is 0.947. The van der Waals surface area contributed by atoms with E-state index >= 15 is 0 Å². The molecule has 1 amide bonds. The van der Waals surface area contributed by atoms with Crippen LogP contribution < -0.4 is 5.32 Å². The van der Waals surface area contributed by atoms with E-state index in [-0.39, 0.29) is 12.3 Å². The van der Waals surface area contributed by atoms with Gasteiger partial charge in [-0.05, 0) is 25.1 Å². The van der Waals surface area contributed by atoms with Crippen molar-refractivity contribution in [3.8, 4) is 0 Å². The molecule has 94 valence electrons. The van der Waals surface area contributed by atoms with Gasteiger partial charge in [0.05, 0.1) is 12.1 Å². The first kappa shape index (κ1) is 12.8. The first-order valence-corrected chi connectivity index (χ1v) is 6.00. The summed E-state index contributed by atoms with van der Waals surface area (Å²) in [5, 5.41) is 6.30. The van der Waals surface area contributed by atoms with Crippen LogP contribution in [-0.4, -0.2) is 11.1 Å². The lowest BCUT2D eigenvalue weighted by Gasteiger charge is -2.04. The van der Waals surface area contributed by atoms with Gasteiger partial charge in [-0.3, -0.25) is 4.79 Å². The number of carbonyl (C=O) groups is 1. The molecule has 0 aliphatic rings. The molecule has 18 heavy (non-hydrogen) atoms. The molecule has 0 unspecified atom stereocenters. The van der Waals surface area contributed by atoms with Crippen LogP contribution in [0.25, 0.3) is 0 Å². The number of nitrogens with zero attached hydrogens (tertiary/aromatic N) is 1. The van der Waals surface area contributed by atoms with Crippen LogP contribution >= 0.6 is 15.9 Å². The van der Waals surface area contributed by atoms with Gasteiger partial charge in [-0.15, -0.1) is 0 Å². The lowest BCUT2D eigenvalue weighted by Crippen LogP contribution is -2.14. The predicted octanol–water partition coefficient (Wildman–Crippen LogP) is 3.07. The van der Waals surface area contributed by atoms with E-state index in [1.165, 1.54) is 12.1 Å². The molecule has 0 aliphatic carbocycles. The Morgan fingerprint density at radius 3 is 2.83 bits per heavy atom. The third-order valence-corrected chi connectivity index (χ3v) is 2.62. The molecule has 0 saturated heterocycles. The minimum absolute atomic E-state index is 0.0888. The van der Waals surface area contributed by atoms with Gasteiger partial charge in [-0.25, -0.2) is 4.39 Å². The van der Waals surface area contributed by atoms with Crippen molar-refractivity contribution >= 4 is 27.5 Å². The summed E-state index contributed by atoms with van der Waals surface area (Å²) in [6.07, 6.45) is 0.0888. The van der Waals surface area contributed by atoms with Crippen LogP contribution in [0, 0.1) is 12.7 Å². The van der Waals surface area contributed by atoms with E-state index in [1.807, 2.05) is 0 Å². The second-order valence-electron chi connectivity index (χ2n) is 3.81. The molecule has 0 radical (unpaired) electrons. The maximum absolute atomic E-state index is 13.1. The number of aryl methyl sites for hydroxylation is 1. The minimum Gasteiger partial charge on any atom is -0.361 e. The zero-order valence-corrected chi connectivity index (χ0v) is 11.1. The van der Waals surface area contributed by atoms with Gasteiger partial charge in [0.2, 0.25) is 5.91 Å². The van der Waals surface area contributed by atoms with Gasteiger partial charge in [0, 0.05) is 16.2 Å². The van der Waals surface area contributed by atoms with Crippen molar-refractivity contribution in [2.24, 2.45) is 0 Å². The molecular formula is C12H10BrFN2O2. The summed E-state index contributed by atoms with van der Waals surface area (Å²) in [6, 6.07) is 5.86. The molecule has 0 spiro atoms. The lowest BCUT2D eigenvalue weighted by atomic mass is 10.2. The van der Waals surface area contributed by atoms with Crippen molar-refractivity contribution in [1.29, 1.82) is 0 Å². The molecule has 1 aromatic heterocycles. The normalized spacial score (nSPS) is 10.4. The Labute approximate surface area is 111 Å². The van der Waals surface area contributed by atoms with Crippen LogP contribution in [0.15, 0.2) is 33.3 Å². The maximum Gasteiger partial charge on any atom is 0.230 e. The van der Waals surface area contributed by atoms with Crippen LogP contribution in [0.1, 0.15) is 11.5 Å². The van der Waals surface area contributed by atoms with E-state index in [2.05, 4.69) is 26.4 Å². The van der Waals surface area contributed by atoms with Gasteiger partial charge in [-0.2, -0.15) is 0 Å². The molecule has 1 heterocycles. The smallest absolute Gasteiger partial charge is 0.230 e. The number of nitrogens with one attached hydrogen (secondary N) is 1. The third kappa shape index (κ3) is 3.40. The lowest BCUT2D eigenvalue weighted by molar-refractivity contribution is -0.115. The summed E-state index contributed by atoms with van der Waals surface area (Å²) in [4.78, 5) is 11.7. The predicted molar refractivity (Wildman–Crippen MR) is 67.7 cm³/mol. The monoisotopic (exact) mass is 312 g/mol. The highest BCUT2D eigenvalue weighted by molar-refractivity contribution is 9.10. The summed E-state index contributed by atoms with van der Waals surface area (Å²) in [7, 11) is 0. The van der Waals surface area contributed by atoms with Crippen molar-refractivity contribution in [1.82, 2.24) is 5.16 Å². The highest BCUT2D eigenvalue weighted by atomic mass is 79.9. The molecule has 2 aromatic rings. The molecule has 2 rings (SSSR count). The number of anilines is 1. The number of benzene rings is 1. The van der Waals surface area contributed by atoms with Gasteiger partial charge in [0.25, 0.3) is 0 Å². The third-order valence-electron chi connectivity index (χ3n) is 2.16. The molecule has 0 aliphatic heterocycles. The van der Waals surface area contributed by atoms with Crippen molar-refractivity contribution in [3.63, 3.8) is 0 Å². The summed E-state index contributed by atoms with van der Waals surface area (Å²) in [6.45, 7) is 1.75. The average Bonchev–Trinajstić information content (AvgIpc) is 2.61. The summed E-state index contributed by atoms with van der Waals surface area (Å²) in [5.74, 6) is -0.0518. The van der Waals surface area contributed by atoms with Crippen LogP contribution in [-0.2, 0) is 11.2 Å². The second kappa shape index (κ2) is 5.30. The van der Waals surface area contributed by atoms with E-state index in [0.29, 0.717) is 21.6 Å². The number of aromatic nitrogens is 1. The maximum atomic E-state index is 13.1. The van der Waals surface area contributed by atoms with E-state index < -0.39 is 5.82 Å².